The molecule has 0 spiro atoms. The van der Waals surface area contributed by atoms with Gasteiger partial charge in [0.1, 0.15) is 5.82 Å². The summed E-state index contributed by atoms with van der Waals surface area (Å²) >= 11 is 0. The van der Waals surface area contributed by atoms with E-state index in [1.807, 2.05) is 0 Å². The maximum absolute atomic E-state index is 12.9. The van der Waals surface area contributed by atoms with E-state index in [1.54, 1.807) is 0 Å². The molecule has 2 rings (SSSR count). The number of nitrogens with zero attached hydrogens (tertiary/aromatic N) is 2. The quantitative estimate of drug-likeness (QED) is 0.634. The zero-order chi connectivity index (χ0) is 14.9. The summed E-state index contributed by atoms with van der Waals surface area (Å²) < 4.78 is 12.9. The van der Waals surface area contributed by atoms with E-state index in [9.17, 15) is 19.4 Å². The van der Waals surface area contributed by atoms with Crippen molar-refractivity contribution in [3.05, 3.63) is 41.2 Å². The predicted molar refractivity (Wildman–Crippen MR) is 67.2 cm³/mol. The van der Waals surface area contributed by atoms with Gasteiger partial charge in [0.25, 0.3) is 0 Å². The molecular formula is C12H11FN4O3. The molecule has 1 aromatic heterocycles. The third-order valence-electron chi connectivity index (χ3n) is 2.70. The van der Waals surface area contributed by atoms with Crippen LogP contribution in [0.15, 0.2) is 24.3 Å². The van der Waals surface area contributed by atoms with Gasteiger partial charge in [-0.1, -0.05) is 12.1 Å². The second-order valence-corrected chi connectivity index (χ2v) is 4.03. The van der Waals surface area contributed by atoms with Crippen molar-refractivity contribution in [3.8, 4) is 11.8 Å². The molecule has 8 heteroatoms. The first-order valence-electron chi connectivity index (χ1n) is 5.50. The molecular weight excluding hydrogens is 267 g/mol. The Morgan fingerprint density at radius 2 is 1.65 bits per heavy atom. The van der Waals surface area contributed by atoms with Gasteiger partial charge in [0.15, 0.2) is 0 Å². The summed E-state index contributed by atoms with van der Waals surface area (Å²) in [4.78, 5) is 18.5. The molecule has 104 valence electrons. The third kappa shape index (κ3) is 2.44. The van der Waals surface area contributed by atoms with Gasteiger partial charge in [-0.25, -0.2) is 4.39 Å². The number of nitrogen functional groups attached to an aromatic ring is 1. The fourth-order valence-corrected chi connectivity index (χ4v) is 1.85. The van der Waals surface area contributed by atoms with Crippen LogP contribution in [-0.4, -0.2) is 26.1 Å². The smallest absolute Gasteiger partial charge is 0.229 e. The lowest BCUT2D eigenvalue weighted by Crippen LogP contribution is -2.23. The Kier molecular flexibility index (Phi) is 3.38. The number of aromatic hydroxyl groups is 2. The lowest BCUT2D eigenvalue weighted by molar-refractivity contribution is -0.118. The van der Waals surface area contributed by atoms with E-state index in [4.69, 9.17) is 11.5 Å². The fourth-order valence-electron chi connectivity index (χ4n) is 1.85. The normalized spacial score (nSPS) is 12.1. The van der Waals surface area contributed by atoms with Gasteiger partial charge in [-0.05, 0) is 17.7 Å². The number of nitrogens with two attached hydrogens (primary N) is 2. The monoisotopic (exact) mass is 278 g/mol. The number of hydrogen-bond acceptors (Lipinski definition) is 6. The first kappa shape index (κ1) is 13.5. The predicted octanol–water partition coefficient (Wildman–Crippen LogP) is 0.226. The van der Waals surface area contributed by atoms with Crippen molar-refractivity contribution in [2.24, 2.45) is 5.73 Å². The number of anilines is 1. The van der Waals surface area contributed by atoms with E-state index in [1.165, 1.54) is 12.1 Å². The largest absolute Gasteiger partial charge is 0.493 e. The Hall–Kier alpha value is -2.90. The molecule has 2 aromatic rings. The second kappa shape index (κ2) is 5.00. The molecule has 0 bridgehead atoms. The Balaban J connectivity index is 2.60. The molecule has 6 N–H and O–H groups in total. The number of rotatable bonds is 3. The van der Waals surface area contributed by atoms with Crippen LogP contribution in [0.3, 0.4) is 0 Å². The van der Waals surface area contributed by atoms with Crippen molar-refractivity contribution in [2.75, 3.05) is 5.73 Å². The molecule has 1 unspecified atom stereocenters. The average molecular weight is 278 g/mol. The van der Waals surface area contributed by atoms with Crippen LogP contribution >= 0.6 is 0 Å². The fraction of sp³-hybridized carbons (Fsp3) is 0.0833. The molecule has 1 heterocycles. The zero-order valence-corrected chi connectivity index (χ0v) is 10.1. The van der Waals surface area contributed by atoms with Gasteiger partial charge in [-0.3, -0.25) is 4.79 Å². The summed E-state index contributed by atoms with van der Waals surface area (Å²) in [6.45, 7) is 0. The van der Waals surface area contributed by atoms with Crippen LogP contribution in [0, 0.1) is 5.82 Å². The molecule has 20 heavy (non-hydrogen) atoms. The van der Waals surface area contributed by atoms with Crippen LogP contribution in [0.25, 0.3) is 0 Å². The van der Waals surface area contributed by atoms with Gasteiger partial charge < -0.3 is 21.7 Å². The molecule has 0 fully saturated rings. The maximum Gasteiger partial charge on any atom is 0.229 e. The summed E-state index contributed by atoms with van der Waals surface area (Å²) in [7, 11) is 0. The molecule has 1 atom stereocenters. The van der Waals surface area contributed by atoms with Gasteiger partial charge in [0.05, 0.1) is 11.5 Å². The number of hydrogen-bond donors (Lipinski definition) is 4. The number of carbonyl (C=O) groups excluding carboxylic acids is 1. The number of amides is 1. The number of halogens is 1. The van der Waals surface area contributed by atoms with Crippen molar-refractivity contribution in [1.82, 2.24) is 9.97 Å². The maximum atomic E-state index is 12.9. The molecule has 0 saturated carbocycles. The van der Waals surface area contributed by atoms with Crippen LogP contribution in [0.4, 0.5) is 10.3 Å². The molecule has 1 aromatic carbocycles. The standard InChI is InChI=1S/C12H11FN4O3/c13-6-3-1-5(2-4-6)7(9(14)18)8-10(19)16-12(15)17-11(8)20/h1-4,7H,(H2,14,18)(H4,15,16,17,19,20). The topological polar surface area (TPSA) is 135 Å². The summed E-state index contributed by atoms with van der Waals surface area (Å²) in [5.74, 6) is -4.27. The Bertz CT molecular complexity index is 637. The highest BCUT2D eigenvalue weighted by molar-refractivity contribution is 5.87. The minimum atomic E-state index is -1.23. The first-order chi connectivity index (χ1) is 9.40. The van der Waals surface area contributed by atoms with Crippen LogP contribution in [0.1, 0.15) is 17.0 Å². The van der Waals surface area contributed by atoms with Crippen molar-refractivity contribution in [2.45, 2.75) is 5.92 Å². The van der Waals surface area contributed by atoms with E-state index >= 15 is 0 Å². The Labute approximate surface area is 112 Å². The number of carbonyl (C=O) groups is 1. The van der Waals surface area contributed by atoms with Crippen LogP contribution in [0.2, 0.25) is 0 Å². The Morgan fingerprint density at radius 1 is 1.15 bits per heavy atom. The third-order valence-corrected chi connectivity index (χ3v) is 2.70. The molecule has 1 amide bonds. The van der Waals surface area contributed by atoms with Crippen LogP contribution < -0.4 is 11.5 Å². The van der Waals surface area contributed by atoms with E-state index in [2.05, 4.69) is 9.97 Å². The van der Waals surface area contributed by atoms with Crippen molar-refractivity contribution in [1.29, 1.82) is 0 Å². The highest BCUT2D eigenvalue weighted by Crippen LogP contribution is 2.35. The van der Waals surface area contributed by atoms with E-state index in [-0.39, 0.29) is 17.1 Å². The summed E-state index contributed by atoms with van der Waals surface area (Å²) in [6.07, 6.45) is 0. The minimum absolute atomic E-state index is 0.276. The number of aromatic nitrogens is 2. The number of benzene rings is 1. The zero-order valence-electron chi connectivity index (χ0n) is 10.1. The van der Waals surface area contributed by atoms with Crippen LogP contribution in [0.5, 0.6) is 11.8 Å². The molecule has 0 saturated heterocycles. The second-order valence-electron chi connectivity index (χ2n) is 4.03. The van der Waals surface area contributed by atoms with Crippen molar-refractivity contribution in [3.63, 3.8) is 0 Å². The van der Waals surface area contributed by atoms with Crippen LogP contribution in [-0.2, 0) is 4.79 Å². The summed E-state index contributed by atoms with van der Waals surface area (Å²) in [5.41, 5.74) is 10.5. The lowest BCUT2D eigenvalue weighted by Gasteiger charge is -2.16. The Morgan fingerprint density at radius 3 is 2.10 bits per heavy atom. The van der Waals surface area contributed by atoms with Gasteiger partial charge in [0.2, 0.25) is 23.6 Å². The van der Waals surface area contributed by atoms with Gasteiger partial charge in [-0.15, -0.1) is 0 Å². The molecule has 0 aliphatic rings. The van der Waals surface area contributed by atoms with E-state index < -0.39 is 29.4 Å². The van der Waals surface area contributed by atoms with Gasteiger partial charge >= 0.3 is 0 Å². The first-order valence-corrected chi connectivity index (χ1v) is 5.50. The lowest BCUT2D eigenvalue weighted by atomic mass is 9.91. The average Bonchev–Trinajstić information content (AvgIpc) is 2.34. The molecule has 7 nitrogen and oxygen atoms in total. The van der Waals surface area contributed by atoms with Crippen molar-refractivity contribution >= 4 is 11.9 Å². The number of primary amides is 1. The molecule has 0 radical (unpaired) electrons. The SMILES string of the molecule is NC(=O)C(c1ccc(F)cc1)c1c(O)nc(N)nc1O. The van der Waals surface area contributed by atoms with E-state index in [0.29, 0.717) is 0 Å². The van der Waals surface area contributed by atoms with Crippen molar-refractivity contribution < 1.29 is 19.4 Å². The minimum Gasteiger partial charge on any atom is -0.493 e. The van der Waals surface area contributed by atoms with Gasteiger partial charge in [-0.2, -0.15) is 9.97 Å². The molecule has 0 aliphatic heterocycles. The molecule has 0 aliphatic carbocycles. The van der Waals surface area contributed by atoms with E-state index in [0.717, 1.165) is 12.1 Å². The highest BCUT2D eigenvalue weighted by Gasteiger charge is 2.28. The summed E-state index contributed by atoms with van der Waals surface area (Å²) in [5, 5.41) is 19.5. The van der Waals surface area contributed by atoms with Gasteiger partial charge in [0, 0.05) is 0 Å². The highest BCUT2D eigenvalue weighted by atomic mass is 19.1. The summed E-state index contributed by atoms with van der Waals surface area (Å²) in [6, 6.07) is 4.86.